The molecule has 0 atom stereocenters. The van der Waals surface area contributed by atoms with E-state index in [2.05, 4.69) is 4.72 Å². The van der Waals surface area contributed by atoms with Crippen LogP contribution in [0.5, 0.6) is 0 Å². The fourth-order valence-corrected chi connectivity index (χ4v) is 3.09. The molecule has 5 nitrogen and oxygen atoms in total. The molecule has 0 amide bonds. The zero-order valence-electron chi connectivity index (χ0n) is 9.39. The van der Waals surface area contributed by atoms with Crippen LogP contribution in [0.15, 0.2) is 18.2 Å². The number of aromatic carboxylic acids is 1. The van der Waals surface area contributed by atoms with E-state index in [1.165, 1.54) is 6.07 Å². The van der Waals surface area contributed by atoms with Gasteiger partial charge in [-0.05, 0) is 37.0 Å². The van der Waals surface area contributed by atoms with E-state index in [0.717, 1.165) is 25.0 Å². The molecule has 98 valence electrons. The van der Waals surface area contributed by atoms with Crippen molar-refractivity contribution in [3.05, 3.63) is 29.6 Å². The van der Waals surface area contributed by atoms with Gasteiger partial charge in [0, 0.05) is 0 Å². The van der Waals surface area contributed by atoms with E-state index >= 15 is 0 Å². The summed E-state index contributed by atoms with van der Waals surface area (Å²) in [6.45, 7) is 0. The van der Waals surface area contributed by atoms with Gasteiger partial charge in [-0.1, -0.05) is 0 Å². The topological polar surface area (TPSA) is 83.5 Å². The Hall–Kier alpha value is -1.63. The first-order chi connectivity index (χ1) is 8.37. The summed E-state index contributed by atoms with van der Waals surface area (Å²) in [6, 6.07) is 3.14. The van der Waals surface area contributed by atoms with E-state index in [1.807, 2.05) is 0 Å². The Balaban J connectivity index is 2.14. The lowest BCUT2D eigenvalue weighted by Crippen LogP contribution is -2.18. The molecule has 7 heteroatoms. The minimum absolute atomic E-state index is 0.0231. The predicted octanol–water partition coefficient (Wildman–Crippen LogP) is 1.68. The van der Waals surface area contributed by atoms with Crippen molar-refractivity contribution >= 4 is 21.7 Å². The first kappa shape index (κ1) is 12.8. The number of hydrogen-bond donors (Lipinski definition) is 2. The summed E-state index contributed by atoms with van der Waals surface area (Å²) in [5.74, 6) is -2.14. The number of anilines is 1. The van der Waals surface area contributed by atoms with Crippen LogP contribution in [0.2, 0.25) is 0 Å². The minimum Gasteiger partial charge on any atom is -0.478 e. The second kappa shape index (κ2) is 4.56. The van der Waals surface area contributed by atoms with Crippen LogP contribution < -0.4 is 4.72 Å². The molecular weight excluding hydrogens is 261 g/mol. The lowest BCUT2D eigenvalue weighted by Gasteiger charge is -2.08. The van der Waals surface area contributed by atoms with E-state index in [9.17, 15) is 17.6 Å². The fourth-order valence-electron chi connectivity index (χ4n) is 1.57. The van der Waals surface area contributed by atoms with Gasteiger partial charge in [0.05, 0.1) is 17.0 Å². The Bertz CT molecular complexity index is 581. The maximum absolute atomic E-state index is 13.3. The highest BCUT2D eigenvalue weighted by molar-refractivity contribution is 7.92. The summed E-state index contributed by atoms with van der Waals surface area (Å²) in [4.78, 5) is 10.6. The Labute approximate surface area is 104 Å². The quantitative estimate of drug-likeness (QED) is 0.854. The summed E-state index contributed by atoms with van der Waals surface area (Å²) in [6.07, 6.45) is 1.79. The maximum Gasteiger partial charge on any atom is 0.338 e. The zero-order valence-corrected chi connectivity index (χ0v) is 10.2. The van der Waals surface area contributed by atoms with Crippen LogP contribution in [0, 0.1) is 11.7 Å². The van der Waals surface area contributed by atoms with Crippen LogP contribution >= 0.6 is 0 Å². The Morgan fingerprint density at radius 2 is 2.11 bits per heavy atom. The lowest BCUT2D eigenvalue weighted by molar-refractivity contribution is 0.0692. The number of nitrogens with one attached hydrogen (secondary N) is 1. The zero-order chi connectivity index (χ0) is 13.3. The monoisotopic (exact) mass is 273 g/mol. The van der Waals surface area contributed by atoms with Crippen molar-refractivity contribution in [2.45, 2.75) is 12.8 Å². The Kier molecular flexibility index (Phi) is 3.25. The van der Waals surface area contributed by atoms with Gasteiger partial charge in [0.25, 0.3) is 0 Å². The van der Waals surface area contributed by atoms with Gasteiger partial charge in [-0.3, -0.25) is 4.72 Å². The molecule has 1 saturated carbocycles. The number of carbonyl (C=O) groups is 1. The molecule has 0 heterocycles. The van der Waals surface area contributed by atoms with E-state index in [1.54, 1.807) is 0 Å². The second-order valence-corrected chi connectivity index (χ2v) is 6.09. The highest BCUT2D eigenvalue weighted by Gasteiger charge is 2.28. The normalized spacial score (nSPS) is 15.4. The summed E-state index contributed by atoms with van der Waals surface area (Å²) in [5, 5.41) is 8.64. The molecule has 0 aromatic heterocycles. The van der Waals surface area contributed by atoms with Gasteiger partial charge < -0.3 is 5.11 Å². The van der Waals surface area contributed by atoms with Crippen LogP contribution in [0.1, 0.15) is 23.2 Å². The van der Waals surface area contributed by atoms with Gasteiger partial charge in [0.1, 0.15) is 5.82 Å². The third-order valence-corrected chi connectivity index (χ3v) is 4.08. The van der Waals surface area contributed by atoms with Crippen LogP contribution in [0.25, 0.3) is 0 Å². The largest absolute Gasteiger partial charge is 0.478 e. The van der Waals surface area contributed by atoms with Crippen molar-refractivity contribution in [3.8, 4) is 0 Å². The lowest BCUT2D eigenvalue weighted by atomic mass is 10.2. The number of halogens is 1. The number of hydrogen-bond acceptors (Lipinski definition) is 3. The first-order valence-corrected chi connectivity index (χ1v) is 7.06. The molecule has 1 aromatic rings. The second-order valence-electron chi connectivity index (χ2n) is 4.33. The van der Waals surface area contributed by atoms with Gasteiger partial charge >= 0.3 is 5.97 Å². The molecule has 1 fully saturated rings. The molecule has 0 saturated heterocycles. The smallest absolute Gasteiger partial charge is 0.338 e. The average molecular weight is 273 g/mol. The molecule has 1 aromatic carbocycles. The molecule has 2 N–H and O–H groups in total. The van der Waals surface area contributed by atoms with Gasteiger partial charge in [-0.15, -0.1) is 0 Å². The molecule has 0 radical (unpaired) electrons. The summed E-state index contributed by atoms with van der Waals surface area (Å²) in [7, 11) is -3.49. The molecule has 0 aliphatic heterocycles. The summed E-state index contributed by atoms with van der Waals surface area (Å²) < 4.78 is 38.8. The third kappa shape index (κ3) is 3.19. The first-order valence-electron chi connectivity index (χ1n) is 5.41. The SMILES string of the molecule is O=C(O)c1ccc(NS(=O)(=O)CC2CC2)cc1F. The van der Waals surface area contributed by atoms with Crippen molar-refractivity contribution in [3.63, 3.8) is 0 Å². The van der Waals surface area contributed by atoms with Crippen molar-refractivity contribution in [1.29, 1.82) is 0 Å². The van der Waals surface area contributed by atoms with Gasteiger partial charge in [-0.2, -0.15) is 0 Å². The minimum atomic E-state index is -3.49. The highest BCUT2D eigenvalue weighted by atomic mass is 32.2. The fraction of sp³-hybridized carbons (Fsp3) is 0.364. The van der Waals surface area contributed by atoms with E-state index in [4.69, 9.17) is 5.11 Å². The molecule has 18 heavy (non-hydrogen) atoms. The van der Waals surface area contributed by atoms with Gasteiger partial charge in [0.2, 0.25) is 10.0 Å². The van der Waals surface area contributed by atoms with Gasteiger partial charge in [0.15, 0.2) is 0 Å². The van der Waals surface area contributed by atoms with E-state index in [-0.39, 0.29) is 17.4 Å². The maximum atomic E-state index is 13.3. The molecular formula is C11H12FNO4S. The molecule has 0 bridgehead atoms. The molecule has 1 aliphatic carbocycles. The van der Waals surface area contributed by atoms with Crippen molar-refractivity contribution < 1.29 is 22.7 Å². The average Bonchev–Trinajstić information content (AvgIpc) is 2.99. The van der Waals surface area contributed by atoms with Crippen molar-refractivity contribution in [2.24, 2.45) is 5.92 Å². The van der Waals surface area contributed by atoms with Crippen LogP contribution in [0.4, 0.5) is 10.1 Å². The van der Waals surface area contributed by atoms with Crippen LogP contribution in [0.3, 0.4) is 0 Å². The summed E-state index contributed by atoms with van der Waals surface area (Å²) >= 11 is 0. The summed E-state index contributed by atoms with van der Waals surface area (Å²) in [5.41, 5.74) is -0.446. The standard InChI is InChI=1S/C11H12FNO4S/c12-10-5-8(3-4-9(10)11(14)15)13-18(16,17)6-7-1-2-7/h3-5,7,13H,1-2,6H2,(H,14,15). The molecule has 1 aliphatic rings. The Morgan fingerprint density at radius 3 is 2.61 bits per heavy atom. The number of benzene rings is 1. The predicted molar refractivity (Wildman–Crippen MR) is 63.5 cm³/mol. The number of carboxylic acids is 1. The van der Waals surface area contributed by atoms with Crippen molar-refractivity contribution in [1.82, 2.24) is 0 Å². The molecule has 0 spiro atoms. The third-order valence-electron chi connectivity index (χ3n) is 2.62. The number of rotatable bonds is 5. The number of sulfonamides is 1. The molecule has 2 rings (SSSR count). The van der Waals surface area contributed by atoms with Crippen molar-refractivity contribution in [2.75, 3.05) is 10.5 Å². The van der Waals surface area contributed by atoms with Crippen LogP contribution in [-0.4, -0.2) is 25.2 Å². The van der Waals surface area contributed by atoms with Crippen LogP contribution in [-0.2, 0) is 10.0 Å². The Morgan fingerprint density at radius 1 is 1.44 bits per heavy atom. The number of carboxylic acid groups (broad SMARTS) is 1. The highest BCUT2D eigenvalue weighted by Crippen LogP contribution is 2.30. The van der Waals surface area contributed by atoms with Gasteiger partial charge in [-0.25, -0.2) is 17.6 Å². The molecule has 0 unspecified atom stereocenters. The van der Waals surface area contributed by atoms with E-state index < -0.39 is 27.4 Å². The van der Waals surface area contributed by atoms with E-state index in [0.29, 0.717) is 0 Å².